The number of carboxylic acid groups (broad SMARTS) is 2. The second kappa shape index (κ2) is 5.35. The van der Waals surface area contributed by atoms with Gasteiger partial charge in [0.2, 0.25) is 5.79 Å². The Bertz CT molecular complexity index is 691. The van der Waals surface area contributed by atoms with Crippen molar-refractivity contribution in [1.29, 1.82) is 0 Å². The Balaban J connectivity index is 2.72. The zero-order valence-corrected chi connectivity index (χ0v) is 10.7. The average Bonchev–Trinajstić information content (AvgIpc) is 2.47. The number of rotatable bonds is 4. The molecule has 0 radical (unpaired) electrons. The molecular weight excluding hydrogens is 276 g/mol. The van der Waals surface area contributed by atoms with Crippen LogP contribution >= 0.6 is 0 Å². The lowest BCUT2D eigenvalue weighted by atomic mass is 9.90. The van der Waals surface area contributed by atoms with Gasteiger partial charge in [-0.3, -0.25) is 0 Å². The molecule has 0 saturated heterocycles. The van der Waals surface area contributed by atoms with Crippen molar-refractivity contribution < 1.29 is 30.0 Å². The molecule has 0 aliphatic carbocycles. The maximum Gasteiger partial charge on any atom is 0.337 e. The van der Waals surface area contributed by atoms with Crippen LogP contribution in [0, 0.1) is 0 Å². The minimum absolute atomic E-state index is 0.0371. The molecule has 0 saturated carbocycles. The van der Waals surface area contributed by atoms with Crippen molar-refractivity contribution in [1.82, 2.24) is 0 Å². The van der Waals surface area contributed by atoms with E-state index < -0.39 is 34.4 Å². The van der Waals surface area contributed by atoms with Crippen molar-refractivity contribution in [2.45, 2.75) is 5.79 Å². The molecule has 2 aromatic carbocycles. The summed E-state index contributed by atoms with van der Waals surface area (Å²) in [7, 11) is 0. The molecule has 108 valence electrons. The number of aliphatic hydroxyl groups is 2. The van der Waals surface area contributed by atoms with Gasteiger partial charge in [-0.15, -0.1) is 0 Å². The molecule has 0 bridgehead atoms. The van der Waals surface area contributed by atoms with Gasteiger partial charge in [0, 0.05) is 11.1 Å². The van der Waals surface area contributed by atoms with Crippen molar-refractivity contribution in [2.75, 3.05) is 0 Å². The van der Waals surface area contributed by atoms with E-state index in [1.165, 1.54) is 24.3 Å². The van der Waals surface area contributed by atoms with Gasteiger partial charge in [-0.1, -0.05) is 42.5 Å². The fourth-order valence-electron chi connectivity index (χ4n) is 2.08. The first-order chi connectivity index (χ1) is 9.85. The minimum atomic E-state index is -2.61. The molecule has 0 aliphatic heterocycles. The molecule has 0 aromatic heterocycles. The number of hydrogen-bond acceptors (Lipinski definition) is 4. The Hall–Kier alpha value is -2.70. The van der Waals surface area contributed by atoms with Gasteiger partial charge in [0.15, 0.2) is 0 Å². The topological polar surface area (TPSA) is 115 Å². The molecule has 0 unspecified atom stereocenters. The summed E-state index contributed by atoms with van der Waals surface area (Å²) in [6.45, 7) is 0. The Morgan fingerprint density at radius 2 is 1.43 bits per heavy atom. The summed E-state index contributed by atoms with van der Waals surface area (Å²) in [6, 6.07) is 11.1. The van der Waals surface area contributed by atoms with Crippen LogP contribution in [-0.4, -0.2) is 32.4 Å². The van der Waals surface area contributed by atoms with Gasteiger partial charge in [-0.05, 0) is 6.07 Å². The third-order valence-electron chi connectivity index (χ3n) is 3.06. The van der Waals surface area contributed by atoms with Crippen molar-refractivity contribution >= 4 is 11.9 Å². The maximum atomic E-state index is 11.3. The highest BCUT2D eigenvalue weighted by atomic mass is 16.5. The highest BCUT2D eigenvalue weighted by Gasteiger charge is 2.35. The molecule has 21 heavy (non-hydrogen) atoms. The fraction of sp³-hybridized carbons (Fsp3) is 0.0667. The van der Waals surface area contributed by atoms with Crippen LogP contribution in [0.4, 0.5) is 0 Å². The molecule has 2 rings (SSSR count). The molecule has 0 aliphatic rings. The van der Waals surface area contributed by atoms with Crippen molar-refractivity contribution in [3.05, 3.63) is 70.8 Å². The van der Waals surface area contributed by atoms with Gasteiger partial charge >= 0.3 is 11.9 Å². The monoisotopic (exact) mass is 288 g/mol. The molecule has 2 aromatic rings. The average molecular weight is 288 g/mol. The van der Waals surface area contributed by atoms with Crippen LogP contribution in [-0.2, 0) is 5.79 Å². The Morgan fingerprint density at radius 3 is 1.95 bits per heavy atom. The summed E-state index contributed by atoms with van der Waals surface area (Å²) in [6.07, 6.45) is 0. The number of benzene rings is 2. The van der Waals surface area contributed by atoms with Gasteiger partial charge < -0.3 is 20.4 Å². The van der Waals surface area contributed by atoms with Gasteiger partial charge in [-0.25, -0.2) is 9.59 Å². The number of aromatic carboxylic acids is 2. The highest BCUT2D eigenvalue weighted by molar-refractivity contribution is 6.03. The molecule has 0 amide bonds. The SMILES string of the molecule is O=C(O)c1cccc(C(O)(O)c2ccccc2)c1C(=O)O. The smallest absolute Gasteiger partial charge is 0.337 e. The summed E-state index contributed by atoms with van der Waals surface area (Å²) in [5.74, 6) is -5.62. The largest absolute Gasteiger partial charge is 0.478 e. The van der Waals surface area contributed by atoms with Crippen LogP contribution in [0.1, 0.15) is 31.8 Å². The second-order valence-corrected chi connectivity index (χ2v) is 4.38. The van der Waals surface area contributed by atoms with E-state index in [0.29, 0.717) is 0 Å². The minimum Gasteiger partial charge on any atom is -0.478 e. The Morgan fingerprint density at radius 1 is 0.810 bits per heavy atom. The van der Waals surface area contributed by atoms with Gasteiger partial charge in [0.25, 0.3) is 0 Å². The van der Waals surface area contributed by atoms with E-state index in [1.54, 1.807) is 18.2 Å². The summed E-state index contributed by atoms with van der Waals surface area (Å²) in [4.78, 5) is 22.5. The predicted molar refractivity (Wildman–Crippen MR) is 72.0 cm³/mol. The molecule has 6 heteroatoms. The third-order valence-corrected chi connectivity index (χ3v) is 3.06. The third kappa shape index (κ3) is 2.62. The van der Waals surface area contributed by atoms with Crippen LogP contribution in [0.25, 0.3) is 0 Å². The molecule has 0 spiro atoms. The first-order valence-corrected chi connectivity index (χ1v) is 5.96. The van der Waals surface area contributed by atoms with Gasteiger partial charge in [0.1, 0.15) is 0 Å². The van der Waals surface area contributed by atoms with Crippen LogP contribution < -0.4 is 0 Å². The summed E-state index contributed by atoms with van der Waals surface area (Å²) in [5.41, 5.74) is -1.53. The van der Waals surface area contributed by atoms with E-state index in [4.69, 9.17) is 5.11 Å². The second-order valence-electron chi connectivity index (χ2n) is 4.38. The van der Waals surface area contributed by atoms with Crippen LogP contribution in [0.3, 0.4) is 0 Å². The molecule has 0 fully saturated rings. The summed E-state index contributed by atoms with van der Waals surface area (Å²) >= 11 is 0. The number of carboxylic acids is 2. The van der Waals surface area contributed by atoms with Crippen molar-refractivity contribution in [2.24, 2.45) is 0 Å². The molecule has 0 heterocycles. The highest BCUT2D eigenvalue weighted by Crippen LogP contribution is 2.31. The van der Waals surface area contributed by atoms with Crippen LogP contribution in [0.5, 0.6) is 0 Å². The first-order valence-electron chi connectivity index (χ1n) is 5.96. The van der Waals surface area contributed by atoms with Gasteiger partial charge in [0.05, 0.1) is 11.1 Å². The van der Waals surface area contributed by atoms with Crippen LogP contribution in [0.15, 0.2) is 48.5 Å². The lowest BCUT2D eigenvalue weighted by Crippen LogP contribution is -2.30. The number of hydrogen-bond donors (Lipinski definition) is 4. The van der Waals surface area contributed by atoms with Crippen LogP contribution in [0.2, 0.25) is 0 Å². The zero-order chi connectivity index (χ0) is 15.6. The van der Waals surface area contributed by atoms with Crippen molar-refractivity contribution in [3.8, 4) is 0 Å². The molecular formula is C15H12O6. The quantitative estimate of drug-likeness (QED) is 0.630. The van der Waals surface area contributed by atoms with E-state index in [-0.39, 0.29) is 5.56 Å². The standard InChI is InChI=1S/C15H12O6/c16-13(17)10-7-4-8-11(12(10)14(18)19)15(20,21)9-5-2-1-3-6-9/h1-8,20-21H,(H,16,17)(H,18,19). The zero-order valence-electron chi connectivity index (χ0n) is 10.7. The van der Waals surface area contributed by atoms with E-state index in [1.807, 2.05) is 0 Å². The first kappa shape index (κ1) is 14.7. The van der Waals surface area contributed by atoms with E-state index in [2.05, 4.69) is 0 Å². The Kier molecular flexibility index (Phi) is 3.75. The van der Waals surface area contributed by atoms with Gasteiger partial charge in [-0.2, -0.15) is 0 Å². The fourth-order valence-corrected chi connectivity index (χ4v) is 2.08. The lowest BCUT2D eigenvalue weighted by molar-refractivity contribution is -0.132. The summed E-state index contributed by atoms with van der Waals surface area (Å²) < 4.78 is 0. The van der Waals surface area contributed by atoms with E-state index in [9.17, 15) is 24.9 Å². The normalized spacial score (nSPS) is 11.1. The van der Waals surface area contributed by atoms with E-state index in [0.717, 1.165) is 6.07 Å². The maximum absolute atomic E-state index is 11.3. The summed E-state index contributed by atoms with van der Waals surface area (Å²) in [5, 5.41) is 38.9. The lowest BCUT2D eigenvalue weighted by Gasteiger charge is -2.24. The molecule has 0 atom stereocenters. The predicted octanol–water partition coefficient (Wildman–Crippen LogP) is 1.27. The Labute approximate surface area is 119 Å². The molecule has 4 N–H and O–H groups in total. The van der Waals surface area contributed by atoms with Crippen molar-refractivity contribution in [3.63, 3.8) is 0 Å². The molecule has 6 nitrogen and oxygen atoms in total. The number of carbonyl (C=O) groups is 2. The van der Waals surface area contributed by atoms with E-state index >= 15 is 0 Å².